The van der Waals surface area contributed by atoms with Gasteiger partial charge in [-0.05, 0) is 73.6 Å². The van der Waals surface area contributed by atoms with E-state index in [0.29, 0.717) is 0 Å². The van der Waals surface area contributed by atoms with Crippen molar-refractivity contribution in [1.82, 2.24) is 4.98 Å². The van der Waals surface area contributed by atoms with Crippen LogP contribution in [-0.2, 0) is 25.7 Å². The van der Waals surface area contributed by atoms with Crippen molar-refractivity contribution in [2.45, 2.75) is 58.8 Å². The van der Waals surface area contributed by atoms with Gasteiger partial charge < -0.3 is 4.42 Å². The molecule has 0 unspecified atom stereocenters. The number of hydrogen-bond acceptors (Lipinski definition) is 3. The Labute approximate surface area is 153 Å². The second-order valence-electron chi connectivity index (χ2n) is 7.94. The fraction of sp³-hybridized carbons (Fsp3) is 0.500. The maximum atomic E-state index is 5.92. The van der Waals surface area contributed by atoms with Crippen LogP contribution in [0, 0.1) is 11.8 Å². The zero-order valence-corrected chi connectivity index (χ0v) is 15.9. The minimum Gasteiger partial charge on any atom is -0.464 e. The summed E-state index contributed by atoms with van der Waals surface area (Å²) in [6.45, 7) is 4.70. The van der Waals surface area contributed by atoms with Crippen molar-refractivity contribution in [2.75, 3.05) is 0 Å². The lowest BCUT2D eigenvalue weighted by atomic mass is 9.80. The number of hydrogen-bond donors (Lipinski definition) is 0. The van der Waals surface area contributed by atoms with E-state index in [2.05, 4.69) is 19.9 Å². The molecular formula is C22H25NOS. The second kappa shape index (κ2) is 5.98. The molecule has 0 amide bonds. The van der Waals surface area contributed by atoms with Gasteiger partial charge in [-0.3, -0.25) is 0 Å². The summed E-state index contributed by atoms with van der Waals surface area (Å²) in [7, 11) is 0. The van der Waals surface area contributed by atoms with Crippen LogP contribution in [0.25, 0.3) is 21.5 Å². The number of fused-ring (bicyclic) bond motifs is 4. The van der Waals surface area contributed by atoms with Crippen LogP contribution >= 0.6 is 11.3 Å². The summed E-state index contributed by atoms with van der Waals surface area (Å²) in [5, 5.41) is 1.41. The molecule has 0 N–H and O–H groups in total. The van der Waals surface area contributed by atoms with Crippen LogP contribution in [0.1, 0.15) is 54.8 Å². The van der Waals surface area contributed by atoms with Crippen LogP contribution in [0.5, 0.6) is 0 Å². The number of aryl methyl sites for hydroxylation is 2. The lowest BCUT2D eigenvalue weighted by Gasteiger charge is -2.25. The number of thiophene rings is 1. The molecule has 0 aliphatic heterocycles. The predicted molar refractivity (Wildman–Crippen MR) is 104 cm³/mol. The molecule has 2 atom stereocenters. The lowest BCUT2D eigenvalue weighted by Crippen LogP contribution is -2.16. The van der Waals surface area contributed by atoms with E-state index in [-0.39, 0.29) is 0 Å². The van der Waals surface area contributed by atoms with Crippen LogP contribution in [-0.4, -0.2) is 4.98 Å². The number of aromatic nitrogens is 1. The van der Waals surface area contributed by atoms with Gasteiger partial charge in [0.2, 0.25) is 0 Å². The van der Waals surface area contributed by atoms with Gasteiger partial charge in [0.25, 0.3) is 0 Å². The third-order valence-electron chi connectivity index (χ3n) is 6.26. The summed E-state index contributed by atoms with van der Waals surface area (Å²) in [6, 6.07) is 4.16. The third kappa shape index (κ3) is 2.47. The summed E-state index contributed by atoms with van der Waals surface area (Å²) in [6.07, 6.45) is 10.3. The molecule has 2 aliphatic carbocycles. The normalized spacial score (nSPS) is 22.8. The molecule has 0 spiro atoms. The highest BCUT2D eigenvalue weighted by molar-refractivity contribution is 7.19. The van der Waals surface area contributed by atoms with Crippen molar-refractivity contribution in [3.05, 3.63) is 40.1 Å². The molecule has 3 heterocycles. The Morgan fingerprint density at radius 1 is 1.20 bits per heavy atom. The first kappa shape index (κ1) is 15.6. The van der Waals surface area contributed by atoms with E-state index in [1.807, 2.05) is 23.7 Å². The molecule has 2 nitrogen and oxygen atoms in total. The molecule has 2 aliphatic rings. The first-order valence-corrected chi connectivity index (χ1v) is 10.6. The van der Waals surface area contributed by atoms with Crippen LogP contribution in [0.2, 0.25) is 0 Å². The molecule has 0 bridgehead atoms. The fourth-order valence-electron chi connectivity index (χ4n) is 4.76. The Morgan fingerprint density at radius 2 is 2.12 bits per heavy atom. The maximum absolute atomic E-state index is 5.92. The van der Waals surface area contributed by atoms with E-state index >= 15 is 0 Å². The van der Waals surface area contributed by atoms with Gasteiger partial charge in [0.1, 0.15) is 10.6 Å². The molecule has 130 valence electrons. The van der Waals surface area contributed by atoms with Gasteiger partial charge in [-0.2, -0.15) is 0 Å². The third-order valence-corrected chi connectivity index (χ3v) is 7.41. The molecule has 0 saturated carbocycles. The SMILES string of the molecule is CC[C@@H]1CCc2nc3sc4c(c3c(-c3ccco3)c2C1)CC[C@H](C)C4. The molecule has 5 rings (SSSR count). The van der Waals surface area contributed by atoms with E-state index < -0.39 is 0 Å². The first-order valence-electron chi connectivity index (χ1n) is 9.74. The zero-order valence-electron chi connectivity index (χ0n) is 15.1. The van der Waals surface area contributed by atoms with Crippen molar-refractivity contribution in [3.63, 3.8) is 0 Å². The fourth-order valence-corrected chi connectivity index (χ4v) is 6.17. The van der Waals surface area contributed by atoms with Gasteiger partial charge >= 0.3 is 0 Å². The van der Waals surface area contributed by atoms with E-state index in [0.717, 1.165) is 30.4 Å². The highest BCUT2D eigenvalue weighted by Gasteiger charge is 2.29. The zero-order chi connectivity index (χ0) is 17.0. The summed E-state index contributed by atoms with van der Waals surface area (Å²) in [5.41, 5.74) is 5.74. The van der Waals surface area contributed by atoms with Crippen LogP contribution < -0.4 is 0 Å². The smallest absolute Gasteiger partial charge is 0.134 e. The Balaban J connectivity index is 1.81. The molecule has 0 radical (unpaired) electrons. The maximum Gasteiger partial charge on any atom is 0.134 e. The topological polar surface area (TPSA) is 26.0 Å². The van der Waals surface area contributed by atoms with E-state index in [9.17, 15) is 0 Å². The minimum atomic E-state index is 0.787. The lowest BCUT2D eigenvalue weighted by molar-refractivity contribution is 0.440. The highest BCUT2D eigenvalue weighted by Crippen LogP contribution is 2.46. The Hall–Kier alpha value is -1.61. The van der Waals surface area contributed by atoms with Gasteiger partial charge in [0.15, 0.2) is 0 Å². The van der Waals surface area contributed by atoms with E-state index in [1.54, 1.807) is 10.4 Å². The van der Waals surface area contributed by atoms with Crippen molar-refractivity contribution < 1.29 is 4.42 Å². The Morgan fingerprint density at radius 3 is 2.92 bits per heavy atom. The second-order valence-corrected chi connectivity index (χ2v) is 9.02. The molecule has 0 fully saturated rings. The molecule has 3 heteroatoms. The average molecular weight is 352 g/mol. The van der Waals surface area contributed by atoms with Crippen molar-refractivity contribution in [1.29, 1.82) is 0 Å². The minimum absolute atomic E-state index is 0.787. The number of furan rings is 1. The van der Waals surface area contributed by atoms with Crippen LogP contribution in [0.3, 0.4) is 0 Å². The summed E-state index contributed by atoms with van der Waals surface area (Å²) >= 11 is 1.94. The van der Waals surface area contributed by atoms with Gasteiger partial charge in [-0.1, -0.05) is 20.3 Å². The van der Waals surface area contributed by atoms with E-state index in [1.165, 1.54) is 59.1 Å². The molecule has 3 aromatic heterocycles. The number of rotatable bonds is 2. The number of nitrogens with zero attached hydrogens (tertiary/aromatic N) is 1. The molecule has 25 heavy (non-hydrogen) atoms. The monoisotopic (exact) mass is 351 g/mol. The van der Waals surface area contributed by atoms with Gasteiger partial charge in [-0.15, -0.1) is 11.3 Å². The largest absolute Gasteiger partial charge is 0.464 e. The molecule has 0 aromatic carbocycles. The van der Waals surface area contributed by atoms with Crippen molar-refractivity contribution in [2.24, 2.45) is 11.8 Å². The molecular weight excluding hydrogens is 326 g/mol. The number of pyridine rings is 1. The van der Waals surface area contributed by atoms with Crippen molar-refractivity contribution in [3.8, 4) is 11.3 Å². The Kier molecular flexibility index (Phi) is 3.74. The van der Waals surface area contributed by atoms with Gasteiger partial charge in [0, 0.05) is 21.5 Å². The van der Waals surface area contributed by atoms with Crippen LogP contribution in [0.4, 0.5) is 0 Å². The predicted octanol–water partition coefficient (Wildman–Crippen LogP) is 6.20. The molecule has 3 aromatic rings. The quantitative estimate of drug-likeness (QED) is 0.549. The standard InChI is InChI=1S/C22H25NOS/c1-3-14-7-9-17-16(12-14)20(18-5-4-10-24-18)21-15-8-6-13(2)11-19(15)25-22(21)23-17/h4-5,10,13-14H,3,6-9,11-12H2,1-2H3/t13-,14+/m0/s1. The summed E-state index contributed by atoms with van der Waals surface area (Å²) in [5.74, 6) is 2.63. The van der Waals surface area contributed by atoms with E-state index in [4.69, 9.17) is 9.40 Å². The molecule has 0 saturated heterocycles. The Bertz CT molecular complexity index is 922. The van der Waals surface area contributed by atoms with Gasteiger partial charge in [-0.25, -0.2) is 4.98 Å². The van der Waals surface area contributed by atoms with Gasteiger partial charge in [0.05, 0.1) is 6.26 Å². The first-order chi connectivity index (χ1) is 12.2. The van der Waals surface area contributed by atoms with Crippen LogP contribution in [0.15, 0.2) is 22.8 Å². The van der Waals surface area contributed by atoms with Crippen molar-refractivity contribution >= 4 is 21.6 Å². The summed E-state index contributed by atoms with van der Waals surface area (Å²) < 4.78 is 5.92. The summed E-state index contributed by atoms with van der Waals surface area (Å²) in [4.78, 5) is 7.98. The average Bonchev–Trinajstić information content (AvgIpc) is 3.26. The highest BCUT2D eigenvalue weighted by atomic mass is 32.1.